The predicted molar refractivity (Wildman–Crippen MR) is 92.9 cm³/mol. The lowest BCUT2D eigenvalue weighted by Crippen LogP contribution is -2.32. The van der Waals surface area contributed by atoms with Crippen molar-refractivity contribution >= 4 is 38.6 Å². The molecule has 2 aromatic rings. The van der Waals surface area contributed by atoms with E-state index in [1.807, 2.05) is 17.5 Å². The fourth-order valence-corrected chi connectivity index (χ4v) is 5.58. The third-order valence-corrected chi connectivity index (χ3v) is 7.09. The van der Waals surface area contributed by atoms with Crippen LogP contribution in [0.1, 0.15) is 23.3 Å². The summed E-state index contributed by atoms with van der Waals surface area (Å²) in [5.74, 6) is 0. The number of hydrogen-bond donors (Lipinski definition) is 0. The molecule has 1 fully saturated rings. The second kappa shape index (κ2) is 6.44. The lowest BCUT2D eigenvalue weighted by atomic mass is 10.2. The van der Waals surface area contributed by atoms with Crippen LogP contribution in [0.2, 0.25) is 5.02 Å². The zero-order valence-electron chi connectivity index (χ0n) is 12.8. The first-order valence-electron chi connectivity index (χ1n) is 7.29. The zero-order valence-corrected chi connectivity index (χ0v) is 15.2. The molecule has 24 heavy (non-hydrogen) atoms. The smallest absolute Gasteiger partial charge is 0.258 e. The third kappa shape index (κ3) is 3.32. The van der Waals surface area contributed by atoms with E-state index in [4.69, 9.17) is 11.6 Å². The second-order valence-corrected chi connectivity index (χ2v) is 8.98. The highest BCUT2D eigenvalue weighted by Gasteiger charge is 2.40. The number of nitrogens with zero attached hydrogens (tertiary/aromatic N) is 2. The maximum atomic E-state index is 13.1. The molecule has 0 saturated heterocycles. The molecule has 3 rings (SSSR count). The molecule has 6 nitrogen and oxygen atoms in total. The summed E-state index contributed by atoms with van der Waals surface area (Å²) >= 11 is 7.54. The van der Waals surface area contributed by atoms with E-state index >= 15 is 0 Å². The average molecular weight is 387 g/mol. The molecule has 0 spiro atoms. The van der Waals surface area contributed by atoms with Crippen LogP contribution >= 0.6 is 22.9 Å². The van der Waals surface area contributed by atoms with E-state index in [1.54, 1.807) is 6.92 Å². The number of rotatable bonds is 6. The summed E-state index contributed by atoms with van der Waals surface area (Å²) in [6, 6.07) is 6.34. The molecule has 1 aliphatic rings. The molecule has 0 unspecified atom stereocenters. The molecular formula is C15H15ClN2O4S2. The molecule has 1 aliphatic carbocycles. The van der Waals surface area contributed by atoms with Crippen LogP contribution in [0.5, 0.6) is 0 Å². The summed E-state index contributed by atoms with van der Waals surface area (Å²) in [5.41, 5.74) is 0.0960. The van der Waals surface area contributed by atoms with Crippen LogP contribution in [0, 0.1) is 17.0 Å². The van der Waals surface area contributed by atoms with Gasteiger partial charge >= 0.3 is 0 Å². The summed E-state index contributed by atoms with van der Waals surface area (Å²) in [5, 5.41) is 12.7. The quantitative estimate of drug-likeness (QED) is 0.555. The molecule has 1 aromatic carbocycles. The van der Waals surface area contributed by atoms with Crippen LogP contribution in [0.3, 0.4) is 0 Å². The van der Waals surface area contributed by atoms with E-state index in [1.165, 1.54) is 27.8 Å². The summed E-state index contributed by atoms with van der Waals surface area (Å²) in [7, 11) is -3.92. The van der Waals surface area contributed by atoms with Gasteiger partial charge in [-0.3, -0.25) is 10.1 Å². The Bertz CT molecular complexity index is 877. The molecule has 1 aromatic heterocycles. The first-order valence-corrected chi connectivity index (χ1v) is 9.99. The van der Waals surface area contributed by atoms with Crippen molar-refractivity contribution in [1.82, 2.24) is 4.31 Å². The minimum atomic E-state index is -3.92. The molecule has 9 heteroatoms. The monoisotopic (exact) mass is 386 g/mol. The number of hydrogen-bond acceptors (Lipinski definition) is 5. The Hall–Kier alpha value is -1.48. The number of nitro groups is 1. The molecule has 0 atom stereocenters. The molecule has 128 valence electrons. The van der Waals surface area contributed by atoms with Crippen LogP contribution < -0.4 is 0 Å². The van der Waals surface area contributed by atoms with Gasteiger partial charge < -0.3 is 0 Å². The molecule has 1 heterocycles. The minimum Gasteiger partial charge on any atom is -0.258 e. The fraction of sp³-hybridized carbons (Fsp3) is 0.333. The second-order valence-electron chi connectivity index (χ2n) is 5.71. The minimum absolute atomic E-state index is 0.0762. The van der Waals surface area contributed by atoms with Crippen LogP contribution in [-0.4, -0.2) is 23.7 Å². The highest BCUT2D eigenvalue weighted by atomic mass is 35.5. The van der Waals surface area contributed by atoms with Gasteiger partial charge in [0.25, 0.3) is 5.69 Å². The van der Waals surface area contributed by atoms with Gasteiger partial charge in [0.05, 0.1) is 4.92 Å². The number of aryl methyl sites for hydroxylation is 1. The van der Waals surface area contributed by atoms with Crippen molar-refractivity contribution in [3.63, 3.8) is 0 Å². The normalized spacial score (nSPS) is 15.0. The maximum Gasteiger partial charge on any atom is 0.289 e. The number of nitro benzene ring substituents is 1. The van der Waals surface area contributed by atoms with E-state index in [0.717, 1.165) is 17.7 Å². The Morgan fingerprint density at radius 3 is 2.67 bits per heavy atom. The summed E-state index contributed by atoms with van der Waals surface area (Å²) < 4.78 is 27.6. The van der Waals surface area contributed by atoms with Crippen LogP contribution in [0.25, 0.3) is 0 Å². The zero-order chi connectivity index (χ0) is 17.5. The van der Waals surface area contributed by atoms with Crippen molar-refractivity contribution in [2.24, 2.45) is 0 Å². The Labute approximate surface area is 148 Å². The van der Waals surface area contributed by atoms with Gasteiger partial charge in [-0.25, -0.2) is 8.42 Å². The molecule has 1 saturated carbocycles. The number of sulfonamides is 1. The average Bonchev–Trinajstić information content (AvgIpc) is 3.22. The molecule has 0 N–H and O–H groups in total. The molecule has 0 amide bonds. The first-order chi connectivity index (χ1) is 11.3. The Morgan fingerprint density at radius 1 is 1.42 bits per heavy atom. The lowest BCUT2D eigenvalue weighted by molar-refractivity contribution is -0.385. The molecular weight excluding hydrogens is 372 g/mol. The van der Waals surface area contributed by atoms with E-state index in [-0.39, 0.29) is 28.2 Å². The number of benzene rings is 1. The first kappa shape index (κ1) is 17.3. The summed E-state index contributed by atoms with van der Waals surface area (Å²) in [4.78, 5) is 11.2. The van der Waals surface area contributed by atoms with Crippen molar-refractivity contribution in [3.05, 3.63) is 55.2 Å². The Morgan fingerprint density at radius 2 is 2.12 bits per heavy atom. The number of thiophene rings is 1. The largest absolute Gasteiger partial charge is 0.289 e. The van der Waals surface area contributed by atoms with Gasteiger partial charge in [0.1, 0.15) is 9.92 Å². The third-order valence-electron chi connectivity index (χ3n) is 3.79. The lowest BCUT2D eigenvalue weighted by Gasteiger charge is -2.22. The van der Waals surface area contributed by atoms with E-state index in [0.29, 0.717) is 5.56 Å². The van der Waals surface area contributed by atoms with E-state index in [9.17, 15) is 18.5 Å². The SMILES string of the molecule is Cc1cc([N+](=O)[O-])c(Cl)c(S(=O)(=O)N(Cc2cccs2)C2CC2)c1. The van der Waals surface area contributed by atoms with Crippen LogP contribution in [-0.2, 0) is 16.6 Å². The van der Waals surface area contributed by atoms with Gasteiger partial charge in [0, 0.05) is 23.5 Å². The molecule has 0 aliphatic heterocycles. The van der Waals surface area contributed by atoms with E-state index in [2.05, 4.69) is 0 Å². The standard InChI is InChI=1S/C15H15ClN2O4S2/c1-10-7-13(18(19)20)15(16)14(8-10)24(21,22)17(11-4-5-11)9-12-3-2-6-23-12/h2-3,6-8,11H,4-5,9H2,1H3. The van der Waals surface area contributed by atoms with Gasteiger partial charge in [-0.15, -0.1) is 11.3 Å². The number of halogens is 1. The summed E-state index contributed by atoms with van der Waals surface area (Å²) in [6.07, 6.45) is 1.58. The van der Waals surface area contributed by atoms with Crippen molar-refractivity contribution in [1.29, 1.82) is 0 Å². The Balaban J connectivity index is 2.07. The van der Waals surface area contributed by atoms with Crippen molar-refractivity contribution in [3.8, 4) is 0 Å². The fourth-order valence-electron chi connectivity index (χ4n) is 2.49. The van der Waals surface area contributed by atoms with Gasteiger partial charge in [-0.1, -0.05) is 17.7 Å². The highest BCUT2D eigenvalue weighted by Crippen LogP contribution is 2.39. The Kier molecular flexibility index (Phi) is 4.65. The molecule has 0 bridgehead atoms. The predicted octanol–water partition coefficient (Wildman–Crippen LogP) is 3.97. The highest BCUT2D eigenvalue weighted by molar-refractivity contribution is 7.89. The van der Waals surface area contributed by atoms with Crippen LogP contribution in [0.15, 0.2) is 34.5 Å². The maximum absolute atomic E-state index is 13.1. The topological polar surface area (TPSA) is 80.5 Å². The van der Waals surface area contributed by atoms with Gasteiger partial charge in [0.15, 0.2) is 0 Å². The summed E-state index contributed by atoms with van der Waals surface area (Å²) in [6.45, 7) is 1.87. The van der Waals surface area contributed by atoms with Crippen LogP contribution in [0.4, 0.5) is 5.69 Å². The van der Waals surface area contributed by atoms with Gasteiger partial charge in [-0.2, -0.15) is 4.31 Å². The van der Waals surface area contributed by atoms with Gasteiger partial charge in [-0.05, 0) is 42.8 Å². The van der Waals surface area contributed by atoms with Crippen molar-refractivity contribution in [2.75, 3.05) is 0 Å². The van der Waals surface area contributed by atoms with Crippen molar-refractivity contribution < 1.29 is 13.3 Å². The molecule has 0 radical (unpaired) electrons. The van der Waals surface area contributed by atoms with Crippen molar-refractivity contribution in [2.45, 2.75) is 37.2 Å². The van der Waals surface area contributed by atoms with Gasteiger partial charge in [0.2, 0.25) is 10.0 Å². The van der Waals surface area contributed by atoms with E-state index < -0.39 is 14.9 Å².